The molecule has 2 fully saturated rings. The first-order valence-corrected chi connectivity index (χ1v) is 10.4. The van der Waals surface area contributed by atoms with Gasteiger partial charge in [-0.2, -0.15) is 13.2 Å². The first-order valence-electron chi connectivity index (χ1n) is 10.4. The predicted molar refractivity (Wildman–Crippen MR) is 102 cm³/mol. The van der Waals surface area contributed by atoms with Gasteiger partial charge in [0.1, 0.15) is 5.60 Å². The highest BCUT2D eigenvalue weighted by atomic mass is 19.4. The standard InChI is InChI=1S/C20H31F3N2O6/c1-18(2,3)31-17(28)20(25-11-5-6-12-25,24-16(27)19(21,22)23)30-14-9-7-13(8-10-14)15(26)29-4/h13-14H,5-12H2,1-4H3,(H,24,27). The second kappa shape index (κ2) is 9.72. The molecule has 1 unspecified atom stereocenters. The molecule has 1 aliphatic heterocycles. The van der Waals surface area contributed by atoms with Crippen LogP contribution in [0, 0.1) is 5.92 Å². The summed E-state index contributed by atoms with van der Waals surface area (Å²) >= 11 is 0. The molecule has 1 amide bonds. The van der Waals surface area contributed by atoms with Crippen molar-refractivity contribution in [2.24, 2.45) is 5.92 Å². The van der Waals surface area contributed by atoms with Gasteiger partial charge in [-0.25, -0.2) is 9.69 Å². The van der Waals surface area contributed by atoms with Crippen LogP contribution in [0.25, 0.3) is 0 Å². The summed E-state index contributed by atoms with van der Waals surface area (Å²) in [4.78, 5) is 38.2. The van der Waals surface area contributed by atoms with Gasteiger partial charge in [0.15, 0.2) is 0 Å². The maximum absolute atomic E-state index is 13.2. The summed E-state index contributed by atoms with van der Waals surface area (Å²) in [5.74, 6) is -6.48. The molecule has 1 N–H and O–H groups in total. The van der Waals surface area contributed by atoms with Crippen LogP contribution in [0.2, 0.25) is 0 Å². The lowest BCUT2D eigenvalue weighted by atomic mass is 9.87. The van der Waals surface area contributed by atoms with Crippen molar-refractivity contribution in [3.05, 3.63) is 0 Å². The van der Waals surface area contributed by atoms with Gasteiger partial charge in [0.25, 0.3) is 0 Å². The van der Waals surface area contributed by atoms with E-state index in [1.807, 2.05) is 0 Å². The van der Waals surface area contributed by atoms with Crippen LogP contribution in [0.4, 0.5) is 13.2 Å². The molecule has 0 radical (unpaired) electrons. The summed E-state index contributed by atoms with van der Waals surface area (Å²) in [7, 11) is 1.29. The van der Waals surface area contributed by atoms with Crippen LogP contribution in [-0.4, -0.2) is 66.7 Å². The van der Waals surface area contributed by atoms with Crippen molar-refractivity contribution in [2.45, 2.75) is 83.0 Å². The van der Waals surface area contributed by atoms with E-state index in [4.69, 9.17) is 14.2 Å². The van der Waals surface area contributed by atoms with E-state index in [0.29, 0.717) is 38.5 Å². The molecule has 1 atom stereocenters. The van der Waals surface area contributed by atoms with Crippen LogP contribution in [-0.2, 0) is 28.6 Å². The maximum atomic E-state index is 13.2. The van der Waals surface area contributed by atoms with E-state index in [-0.39, 0.29) is 25.0 Å². The van der Waals surface area contributed by atoms with Crippen LogP contribution in [0.3, 0.4) is 0 Å². The SMILES string of the molecule is COC(=O)C1CCC(OC(NC(=O)C(F)(F)F)(C(=O)OC(C)(C)C)N2CCCC2)CC1. The van der Waals surface area contributed by atoms with Crippen LogP contribution in [0.1, 0.15) is 59.3 Å². The van der Waals surface area contributed by atoms with Gasteiger partial charge in [0, 0.05) is 13.1 Å². The Morgan fingerprint density at radius 1 is 0.968 bits per heavy atom. The summed E-state index contributed by atoms with van der Waals surface area (Å²) in [5, 5.41) is 1.80. The van der Waals surface area contributed by atoms with E-state index in [1.165, 1.54) is 12.0 Å². The molecule has 0 bridgehead atoms. The Labute approximate surface area is 179 Å². The fourth-order valence-corrected chi connectivity index (χ4v) is 3.84. The second-order valence-electron chi connectivity index (χ2n) is 8.91. The van der Waals surface area contributed by atoms with Crippen LogP contribution >= 0.6 is 0 Å². The number of hydrogen-bond acceptors (Lipinski definition) is 7. The third kappa shape index (κ3) is 6.55. The summed E-state index contributed by atoms with van der Waals surface area (Å²) in [5.41, 5.74) is -1.02. The molecular weight excluding hydrogens is 421 g/mol. The molecule has 0 aromatic carbocycles. The van der Waals surface area contributed by atoms with Gasteiger partial charge in [0.2, 0.25) is 0 Å². The van der Waals surface area contributed by atoms with Gasteiger partial charge in [-0.15, -0.1) is 0 Å². The number of alkyl halides is 3. The molecule has 2 aliphatic rings. The fraction of sp³-hybridized carbons (Fsp3) is 0.850. The second-order valence-corrected chi connectivity index (χ2v) is 8.91. The Balaban J connectivity index is 2.33. The Hall–Kier alpha value is -1.88. The molecule has 1 heterocycles. The Morgan fingerprint density at radius 3 is 1.97 bits per heavy atom. The lowest BCUT2D eigenvalue weighted by Crippen LogP contribution is -2.70. The number of esters is 2. The van der Waals surface area contributed by atoms with Crippen molar-refractivity contribution in [1.82, 2.24) is 10.2 Å². The van der Waals surface area contributed by atoms with Crippen LogP contribution in [0.5, 0.6) is 0 Å². The molecule has 2 rings (SSSR count). The Kier molecular flexibility index (Phi) is 7.96. The van der Waals surface area contributed by atoms with E-state index >= 15 is 0 Å². The van der Waals surface area contributed by atoms with Crippen molar-refractivity contribution in [2.75, 3.05) is 20.2 Å². The molecular formula is C20H31F3N2O6. The van der Waals surface area contributed by atoms with E-state index in [9.17, 15) is 27.6 Å². The number of likely N-dealkylation sites (tertiary alicyclic amines) is 1. The first kappa shape index (κ1) is 25.4. The molecule has 1 saturated carbocycles. The van der Waals surface area contributed by atoms with Gasteiger partial charge >= 0.3 is 29.9 Å². The smallest absolute Gasteiger partial charge is 0.469 e. The summed E-state index contributed by atoms with van der Waals surface area (Å²) in [6.07, 6.45) is -3.17. The van der Waals surface area contributed by atoms with Crippen molar-refractivity contribution in [1.29, 1.82) is 0 Å². The van der Waals surface area contributed by atoms with Crippen LogP contribution < -0.4 is 5.32 Å². The number of rotatable bonds is 6. The number of nitrogens with one attached hydrogen (secondary N) is 1. The van der Waals surface area contributed by atoms with Gasteiger partial charge in [0.05, 0.1) is 19.1 Å². The maximum Gasteiger partial charge on any atom is 0.471 e. The lowest BCUT2D eigenvalue weighted by molar-refractivity contribution is -0.242. The molecule has 0 spiro atoms. The number of methoxy groups -OCH3 is 1. The van der Waals surface area contributed by atoms with Crippen molar-refractivity contribution < 1.29 is 41.8 Å². The summed E-state index contributed by atoms with van der Waals surface area (Å²) in [6.45, 7) is 5.25. The van der Waals surface area contributed by atoms with Gasteiger partial charge in [-0.3, -0.25) is 14.9 Å². The highest BCUT2D eigenvalue weighted by Gasteiger charge is 2.56. The van der Waals surface area contributed by atoms with Crippen molar-refractivity contribution in [3.63, 3.8) is 0 Å². The van der Waals surface area contributed by atoms with Gasteiger partial charge in [-0.1, -0.05) is 0 Å². The highest BCUT2D eigenvalue weighted by Crippen LogP contribution is 2.33. The Bertz CT molecular complexity index is 665. The average molecular weight is 452 g/mol. The molecule has 1 aliphatic carbocycles. The van der Waals surface area contributed by atoms with Crippen molar-refractivity contribution in [3.8, 4) is 0 Å². The molecule has 178 valence electrons. The molecule has 31 heavy (non-hydrogen) atoms. The molecule has 1 saturated heterocycles. The third-order valence-electron chi connectivity index (χ3n) is 5.31. The quantitative estimate of drug-likeness (QED) is 0.489. The average Bonchev–Trinajstić information content (AvgIpc) is 3.20. The number of halogens is 3. The minimum Gasteiger partial charge on any atom is -0.469 e. The zero-order chi connectivity index (χ0) is 23.4. The number of ether oxygens (including phenoxy) is 3. The zero-order valence-corrected chi connectivity index (χ0v) is 18.3. The van der Waals surface area contributed by atoms with E-state index < -0.39 is 35.6 Å². The molecule has 8 nitrogen and oxygen atoms in total. The fourth-order valence-electron chi connectivity index (χ4n) is 3.84. The topological polar surface area (TPSA) is 94.2 Å². The highest BCUT2D eigenvalue weighted by molar-refractivity contribution is 5.89. The zero-order valence-electron chi connectivity index (χ0n) is 18.3. The number of hydrogen-bond donors (Lipinski definition) is 1. The third-order valence-corrected chi connectivity index (χ3v) is 5.31. The summed E-state index contributed by atoms with van der Waals surface area (Å²) < 4.78 is 55.5. The van der Waals surface area contributed by atoms with Crippen molar-refractivity contribution >= 4 is 17.8 Å². The van der Waals surface area contributed by atoms with E-state index in [1.54, 1.807) is 26.1 Å². The largest absolute Gasteiger partial charge is 0.471 e. The van der Waals surface area contributed by atoms with E-state index in [2.05, 4.69) is 0 Å². The minimum atomic E-state index is -5.21. The van der Waals surface area contributed by atoms with Gasteiger partial charge < -0.3 is 14.2 Å². The number of carbonyl (C=O) groups excluding carboxylic acids is 3. The monoisotopic (exact) mass is 452 g/mol. The molecule has 0 aromatic rings. The number of nitrogens with zero attached hydrogens (tertiary/aromatic N) is 1. The molecule has 0 aromatic heterocycles. The minimum absolute atomic E-state index is 0.259. The number of amides is 1. The normalized spacial score (nSPS) is 24.9. The number of carbonyl (C=O) groups is 3. The van der Waals surface area contributed by atoms with E-state index in [0.717, 1.165) is 0 Å². The lowest BCUT2D eigenvalue weighted by Gasteiger charge is -2.43. The summed E-state index contributed by atoms with van der Waals surface area (Å²) in [6, 6.07) is 0. The Morgan fingerprint density at radius 2 is 1.52 bits per heavy atom. The molecule has 11 heteroatoms. The predicted octanol–water partition coefficient (Wildman–Crippen LogP) is 2.50. The van der Waals surface area contributed by atoms with Gasteiger partial charge in [-0.05, 0) is 59.3 Å². The first-order chi connectivity index (χ1) is 14.3. The van der Waals surface area contributed by atoms with Crippen LogP contribution in [0.15, 0.2) is 0 Å².